The number of amides is 2. The molecule has 0 fully saturated rings. The van der Waals surface area contributed by atoms with Crippen LogP contribution in [0.1, 0.15) is 35.7 Å². The van der Waals surface area contributed by atoms with Gasteiger partial charge in [0.25, 0.3) is 0 Å². The van der Waals surface area contributed by atoms with E-state index in [-0.39, 0.29) is 18.9 Å². The summed E-state index contributed by atoms with van der Waals surface area (Å²) < 4.78 is 10.3. The van der Waals surface area contributed by atoms with Gasteiger partial charge in [-0.05, 0) is 33.2 Å². The Bertz CT molecular complexity index is 619. The number of hydrogen-bond acceptors (Lipinski definition) is 6. The van der Waals surface area contributed by atoms with E-state index in [1.165, 1.54) is 0 Å². The van der Waals surface area contributed by atoms with Crippen molar-refractivity contribution < 1.29 is 23.9 Å². The summed E-state index contributed by atoms with van der Waals surface area (Å²) in [7, 11) is 0. The molecule has 8 nitrogen and oxygen atoms in total. The number of benzene rings is 1. The summed E-state index contributed by atoms with van der Waals surface area (Å²) in [5.74, 6) is -0.995. The fourth-order valence-electron chi connectivity index (χ4n) is 2.42. The first-order chi connectivity index (χ1) is 13.4. The van der Waals surface area contributed by atoms with Crippen LogP contribution in [-0.2, 0) is 19.1 Å². The van der Waals surface area contributed by atoms with Crippen LogP contribution in [0.25, 0.3) is 0 Å². The van der Waals surface area contributed by atoms with E-state index in [9.17, 15) is 14.4 Å². The summed E-state index contributed by atoms with van der Waals surface area (Å²) in [6.07, 6.45) is 0.964. The van der Waals surface area contributed by atoms with Gasteiger partial charge in [0.1, 0.15) is 12.6 Å². The minimum Gasteiger partial charge on any atom is -0.379 e. The highest BCUT2D eigenvalue weighted by atomic mass is 16.5. The minimum absolute atomic E-state index is 0.00366. The first-order valence-corrected chi connectivity index (χ1v) is 9.48. The maximum Gasteiger partial charge on any atom is 0.246 e. The molecule has 1 rings (SSSR count). The van der Waals surface area contributed by atoms with Crippen molar-refractivity contribution in [2.24, 2.45) is 5.73 Å². The van der Waals surface area contributed by atoms with Crippen LogP contribution in [-0.4, -0.2) is 63.2 Å². The lowest BCUT2D eigenvalue weighted by atomic mass is 10.1. The Kier molecular flexibility index (Phi) is 11.7. The first kappa shape index (κ1) is 23.7. The van der Waals surface area contributed by atoms with Crippen molar-refractivity contribution in [1.82, 2.24) is 10.6 Å². The number of aryl methyl sites for hydroxylation is 1. The normalized spacial score (nSPS) is 11.8. The highest BCUT2D eigenvalue weighted by molar-refractivity contribution is 5.97. The van der Waals surface area contributed by atoms with Gasteiger partial charge in [0.05, 0.1) is 19.8 Å². The molecule has 0 aliphatic carbocycles. The van der Waals surface area contributed by atoms with Crippen LogP contribution < -0.4 is 16.4 Å². The molecule has 1 aromatic carbocycles. The largest absolute Gasteiger partial charge is 0.379 e. The molecule has 8 heteroatoms. The van der Waals surface area contributed by atoms with Gasteiger partial charge in [-0.25, -0.2) is 0 Å². The molecule has 0 spiro atoms. The van der Waals surface area contributed by atoms with Crippen molar-refractivity contribution >= 4 is 17.6 Å². The van der Waals surface area contributed by atoms with Crippen molar-refractivity contribution in [2.75, 3.05) is 39.5 Å². The van der Waals surface area contributed by atoms with E-state index in [4.69, 9.17) is 15.2 Å². The summed E-state index contributed by atoms with van der Waals surface area (Å²) in [6, 6.07) is 6.63. The Hall–Kier alpha value is -2.29. The average molecular weight is 393 g/mol. The zero-order valence-corrected chi connectivity index (χ0v) is 16.7. The molecule has 0 heterocycles. The molecule has 0 aliphatic rings. The summed E-state index contributed by atoms with van der Waals surface area (Å²) in [4.78, 5) is 35.4. The predicted octanol–water partition coefficient (Wildman–Crippen LogP) is 0.571. The van der Waals surface area contributed by atoms with E-state index in [1.807, 2.05) is 26.0 Å². The lowest BCUT2D eigenvalue weighted by Crippen LogP contribution is -2.46. The Morgan fingerprint density at radius 3 is 2.43 bits per heavy atom. The van der Waals surface area contributed by atoms with Gasteiger partial charge in [-0.3, -0.25) is 14.4 Å². The third-order valence-corrected chi connectivity index (χ3v) is 3.99. The average Bonchev–Trinajstić information content (AvgIpc) is 2.66. The molecule has 28 heavy (non-hydrogen) atoms. The van der Waals surface area contributed by atoms with Crippen LogP contribution in [0, 0.1) is 6.92 Å². The molecule has 1 aromatic rings. The van der Waals surface area contributed by atoms with E-state index in [0.717, 1.165) is 5.56 Å². The van der Waals surface area contributed by atoms with E-state index in [0.29, 0.717) is 44.8 Å². The smallest absolute Gasteiger partial charge is 0.246 e. The molecular weight excluding hydrogens is 362 g/mol. The number of nitrogens with one attached hydrogen (secondary N) is 2. The van der Waals surface area contributed by atoms with Crippen LogP contribution in [0.15, 0.2) is 24.3 Å². The molecule has 0 aromatic heterocycles. The minimum atomic E-state index is -0.766. The van der Waals surface area contributed by atoms with Crippen LogP contribution in [0.5, 0.6) is 0 Å². The van der Waals surface area contributed by atoms with E-state index in [2.05, 4.69) is 10.6 Å². The number of carbonyl (C=O) groups excluding carboxylic acids is 3. The monoisotopic (exact) mass is 393 g/mol. The number of primary amides is 1. The Morgan fingerprint density at radius 1 is 1.11 bits per heavy atom. The predicted molar refractivity (Wildman–Crippen MR) is 106 cm³/mol. The molecule has 0 saturated heterocycles. The molecule has 1 atom stereocenters. The fourth-order valence-corrected chi connectivity index (χ4v) is 2.42. The molecule has 0 saturated carbocycles. The quantitative estimate of drug-likeness (QED) is 0.296. The summed E-state index contributed by atoms with van der Waals surface area (Å²) >= 11 is 0. The Morgan fingerprint density at radius 2 is 1.79 bits per heavy atom. The van der Waals surface area contributed by atoms with E-state index in [1.54, 1.807) is 12.1 Å². The molecule has 2 amide bonds. The van der Waals surface area contributed by atoms with Crippen LogP contribution in [0.3, 0.4) is 0 Å². The van der Waals surface area contributed by atoms with Gasteiger partial charge in [-0.2, -0.15) is 0 Å². The number of nitrogens with two attached hydrogens (primary N) is 1. The van der Waals surface area contributed by atoms with E-state index < -0.39 is 17.9 Å². The third-order valence-electron chi connectivity index (χ3n) is 3.99. The number of carbonyl (C=O) groups is 3. The zero-order valence-electron chi connectivity index (χ0n) is 16.7. The summed E-state index contributed by atoms with van der Waals surface area (Å²) in [5, 5.41) is 5.61. The van der Waals surface area contributed by atoms with Gasteiger partial charge in [0.2, 0.25) is 11.8 Å². The zero-order chi connectivity index (χ0) is 20.8. The molecule has 0 bridgehead atoms. The second kappa shape index (κ2) is 13.8. The van der Waals surface area contributed by atoms with Crippen molar-refractivity contribution in [3.05, 3.63) is 35.4 Å². The van der Waals surface area contributed by atoms with Crippen LogP contribution in [0.4, 0.5) is 0 Å². The van der Waals surface area contributed by atoms with E-state index >= 15 is 0 Å². The Labute approximate surface area is 166 Å². The maximum absolute atomic E-state index is 12.1. The second-order valence-corrected chi connectivity index (χ2v) is 6.38. The van der Waals surface area contributed by atoms with Gasteiger partial charge in [-0.15, -0.1) is 0 Å². The highest BCUT2D eigenvalue weighted by Crippen LogP contribution is 2.03. The molecule has 4 N–H and O–H groups in total. The molecular formula is C20H31N3O5. The maximum atomic E-state index is 12.1. The van der Waals surface area contributed by atoms with Gasteiger partial charge in [0.15, 0.2) is 5.78 Å². The lowest BCUT2D eigenvalue weighted by molar-refractivity contribution is -0.130. The van der Waals surface area contributed by atoms with Crippen LogP contribution >= 0.6 is 0 Å². The van der Waals surface area contributed by atoms with Crippen molar-refractivity contribution in [3.8, 4) is 0 Å². The number of ether oxygens (including phenoxy) is 2. The number of ketones is 1. The van der Waals surface area contributed by atoms with Crippen molar-refractivity contribution in [1.29, 1.82) is 0 Å². The highest BCUT2D eigenvalue weighted by Gasteiger charge is 2.17. The molecule has 0 unspecified atom stereocenters. The van der Waals surface area contributed by atoms with Crippen LogP contribution in [0.2, 0.25) is 0 Å². The second-order valence-electron chi connectivity index (χ2n) is 6.38. The fraction of sp³-hybridized carbons (Fsp3) is 0.550. The number of hydrogen-bond donors (Lipinski definition) is 3. The lowest BCUT2D eigenvalue weighted by Gasteiger charge is -2.15. The van der Waals surface area contributed by atoms with Gasteiger partial charge in [0, 0.05) is 12.2 Å². The van der Waals surface area contributed by atoms with Gasteiger partial charge < -0.3 is 25.8 Å². The summed E-state index contributed by atoms with van der Waals surface area (Å²) in [5.41, 5.74) is 7.10. The molecule has 0 aliphatic heterocycles. The number of rotatable bonds is 15. The van der Waals surface area contributed by atoms with Gasteiger partial charge >= 0.3 is 0 Å². The van der Waals surface area contributed by atoms with Crippen molar-refractivity contribution in [2.45, 2.75) is 32.7 Å². The van der Waals surface area contributed by atoms with Gasteiger partial charge in [-0.1, -0.05) is 29.8 Å². The standard InChI is InChI=1S/C20H31N3O5/c1-3-27-11-12-28-14-19(25)23-17(20(21)26)5-4-10-22-13-18(24)16-8-6-15(2)7-9-16/h6-9,17,22H,3-5,10-14H2,1-2H3,(H2,21,26)(H,23,25)/t17-/m0/s1. The molecule has 156 valence electrons. The summed E-state index contributed by atoms with van der Waals surface area (Å²) in [6.45, 7) is 5.73. The van der Waals surface area contributed by atoms with Crippen molar-refractivity contribution in [3.63, 3.8) is 0 Å². The third kappa shape index (κ3) is 10.1. The first-order valence-electron chi connectivity index (χ1n) is 9.48. The SMILES string of the molecule is CCOCCOCC(=O)N[C@@H](CCCNCC(=O)c1ccc(C)cc1)C(N)=O. The molecule has 0 radical (unpaired) electrons. The number of Topliss-reactive ketones (excluding diaryl/α,β-unsaturated/α-hetero) is 1. The Balaban J connectivity index is 2.22. The topological polar surface area (TPSA) is 120 Å².